The van der Waals surface area contributed by atoms with E-state index < -0.39 is 0 Å². The predicted molar refractivity (Wildman–Crippen MR) is 51.4 cm³/mol. The number of ether oxygens (including phenoxy) is 1. The van der Waals surface area contributed by atoms with Crippen LogP contribution in [0.1, 0.15) is 20.3 Å². The molecule has 13 heavy (non-hydrogen) atoms. The van der Waals surface area contributed by atoms with Crippen LogP contribution in [0.25, 0.3) is 0 Å². The summed E-state index contributed by atoms with van der Waals surface area (Å²) in [5.41, 5.74) is 0. The predicted octanol–water partition coefficient (Wildman–Crippen LogP) is 1.22. The molecule has 0 radical (unpaired) electrons. The normalized spacial score (nSPS) is 10.6. The van der Waals surface area contributed by atoms with Crippen LogP contribution in [0.3, 0.4) is 0 Å². The molecule has 0 aromatic carbocycles. The van der Waals surface area contributed by atoms with E-state index in [4.69, 9.17) is 4.74 Å². The van der Waals surface area contributed by atoms with Crippen LogP contribution in [0, 0.1) is 0 Å². The lowest BCUT2D eigenvalue weighted by atomic mass is 10.5. The van der Waals surface area contributed by atoms with Gasteiger partial charge in [0.05, 0.1) is 13.2 Å². The molecule has 0 aliphatic heterocycles. The standard InChI is InChI=1S/C10H19N2O/c1-3-8-13-9-7-12-6-5-11(4-2)10-12/h5-6,10H,3-4,7-9H2,1-2H3/q+1. The third kappa shape index (κ3) is 3.59. The van der Waals surface area contributed by atoms with E-state index in [1.165, 1.54) is 0 Å². The maximum Gasteiger partial charge on any atom is 0.243 e. The van der Waals surface area contributed by atoms with Crippen LogP contribution in [0.2, 0.25) is 0 Å². The van der Waals surface area contributed by atoms with E-state index in [9.17, 15) is 0 Å². The van der Waals surface area contributed by atoms with E-state index in [1.54, 1.807) is 0 Å². The summed E-state index contributed by atoms with van der Waals surface area (Å²) in [6.07, 6.45) is 7.37. The zero-order valence-electron chi connectivity index (χ0n) is 8.57. The van der Waals surface area contributed by atoms with Crippen molar-refractivity contribution in [1.29, 1.82) is 0 Å². The summed E-state index contributed by atoms with van der Waals surface area (Å²) >= 11 is 0. The quantitative estimate of drug-likeness (QED) is 0.479. The van der Waals surface area contributed by atoms with E-state index in [2.05, 4.69) is 41.7 Å². The third-order valence-electron chi connectivity index (χ3n) is 1.95. The number of hydrogen-bond donors (Lipinski definition) is 0. The van der Waals surface area contributed by atoms with Gasteiger partial charge in [-0.1, -0.05) is 6.92 Å². The maximum absolute atomic E-state index is 5.40. The Hall–Kier alpha value is -0.830. The Balaban J connectivity index is 2.20. The number of aryl methyl sites for hydroxylation is 1. The van der Waals surface area contributed by atoms with Crippen molar-refractivity contribution in [2.24, 2.45) is 0 Å². The molecule has 0 saturated heterocycles. The molecular weight excluding hydrogens is 164 g/mol. The van der Waals surface area contributed by atoms with Crippen molar-refractivity contribution in [3.63, 3.8) is 0 Å². The molecule has 1 heterocycles. The molecule has 1 aromatic heterocycles. The third-order valence-corrected chi connectivity index (χ3v) is 1.95. The molecule has 0 saturated carbocycles. The van der Waals surface area contributed by atoms with Crippen LogP contribution in [0.15, 0.2) is 18.7 Å². The van der Waals surface area contributed by atoms with Gasteiger partial charge in [0.25, 0.3) is 0 Å². The average molecular weight is 183 g/mol. The largest absolute Gasteiger partial charge is 0.377 e. The van der Waals surface area contributed by atoms with Gasteiger partial charge in [-0.05, 0) is 13.3 Å². The van der Waals surface area contributed by atoms with Gasteiger partial charge in [-0.15, -0.1) is 0 Å². The molecule has 1 rings (SSSR count). The van der Waals surface area contributed by atoms with Crippen LogP contribution in [0.4, 0.5) is 0 Å². The van der Waals surface area contributed by atoms with E-state index in [0.717, 1.165) is 32.7 Å². The Morgan fingerprint density at radius 3 is 2.77 bits per heavy atom. The molecule has 0 aliphatic rings. The van der Waals surface area contributed by atoms with E-state index in [1.807, 2.05) is 0 Å². The molecule has 0 fully saturated rings. The monoisotopic (exact) mass is 183 g/mol. The summed E-state index contributed by atoms with van der Waals surface area (Å²) in [5.74, 6) is 0. The van der Waals surface area contributed by atoms with Crippen molar-refractivity contribution in [2.45, 2.75) is 33.4 Å². The number of nitrogens with zero attached hydrogens (tertiary/aromatic N) is 2. The topological polar surface area (TPSA) is 18.0 Å². The second-order valence-corrected chi connectivity index (χ2v) is 3.09. The molecule has 0 aliphatic carbocycles. The first-order valence-corrected chi connectivity index (χ1v) is 4.99. The van der Waals surface area contributed by atoms with Gasteiger partial charge in [-0.2, -0.15) is 0 Å². The van der Waals surface area contributed by atoms with E-state index >= 15 is 0 Å². The zero-order valence-corrected chi connectivity index (χ0v) is 8.57. The Bertz CT molecular complexity index is 233. The molecule has 0 unspecified atom stereocenters. The van der Waals surface area contributed by atoms with Gasteiger partial charge in [-0.25, -0.2) is 9.13 Å². The molecule has 0 spiro atoms. The zero-order chi connectivity index (χ0) is 9.52. The van der Waals surface area contributed by atoms with Crippen LogP contribution in [0.5, 0.6) is 0 Å². The summed E-state index contributed by atoms with van der Waals surface area (Å²) in [7, 11) is 0. The fourth-order valence-electron chi connectivity index (χ4n) is 1.17. The van der Waals surface area contributed by atoms with Gasteiger partial charge in [0.15, 0.2) is 0 Å². The summed E-state index contributed by atoms with van der Waals surface area (Å²) < 4.78 is 9.70. The van der Waals surface area contributed by atoms with Crippen molar-refractivity contribution in [1.82, 2.24) is 4.57 Å². The lowest BCUT2D eigenvalue weighted by Gasteiger charge is -1.98. The first kappa shape index (κ1) is 10.3. The molecule has 0 bridgehead atoms. The van der Waals surface area contributed by atoms with Gasteiger partial charge in [0.1, 0.15) is 18.9 Å². The minimum atomic E-state index is 0.812. The Morgan fingerprint density at radius 1 is 1.31 bits per heavy atom. The Kier molecular flexibility index (Phi) is 4.54. The number of imidazole rings is 1. The van der Waals surface area contributed by atoms with Crippen LogP contribution in [-0.4, -0.2) is 17.8 Å². The Labute approximate surface area is 79.9 Å². The summed E-state index contributed by atoms with van der Waals surface area (Å²) in [6.45, 7) is 7.93. The highest BCUT2D eigenvalue weighted by Gasteiger charge is 2.00. The second kappa shape index (κ2) is 5.75. The van der Waals surface area contributed by atoms with Crippen molar-refractivity contribution < 1.29 is 9.30 Å². The molecule has 1 aromatic rings. The average Bonchev–Trinajstić information content (AvgIpc) is 2.60. The van der Waals surface area contributed by atoms with Crippen molar-refractivity contribution in [2.75, 3.05) is 13.2 Å². The van der Waals surface area contributed by atoms with Crippen molar-refractivity contribution in [3.05, 3.63) is 18.7 Å². The SMILES string of the molecule is CCCOCC[n+]1ccn(CC)c1. The molecule has 74 valence electrons. The van der Waals surface area contributed by atoms with Crippen LogP contribution in [-0.2, 0) is 17.8 Å². The fourth-order valence-corrected chi connectivity index (χ4v) is 1.17. The minimum Gasteiger partial charge on any atom is -0.377 e. The van der Waals surface area contributed by atoms with Gasteiger partial charge in [0, 0.05) is 6.61 Å². The second-order valence-electron chi connectivity index (χ2n) is 3.09. The van der Waals surface area contributed by atoms with Crippen LogP contribution >= 0.6 is 0 Å². The number of aromatic nitrogens is 2. The summed E-state index contributed by atoms with van der Waals surface area (Å²) in [5, 5.41) is 0. The maximum atomic E-state index is 5.40. The highest BCUT2D eigenvalue weighted by Crippen LogP contribution is 1.84. The highest BCUT2D eigenvalue weighted by molar-refractivity contribution is 4.64. The van der Waals surface area contributed by atoms with Gasteiger partial charge >= 0.3 is 0 Å². The molecule has 0 N–H and O–H groups in total. The highest BCUT2D eigenvalue weighted by atomic mass is 16.5. The van der Waals surface area contributed by atoms with Crippen molar-refractivity contribution >= 4 is 0 Å². The molecule has 0 atom stereocenters. The molecule has 3 heteroatoms. The Morgan fingerprint density at radius 2 is 2.15 bits per heavy atom. The van der Waals surface area contributed by atoms with Gasteiger partial charge in [-0.3, -0.25) is 0 Å². The fraction of sp³-hybridized carbons (Fsp3) is 0.700. The molecular formula is C10H19N2O+. The number of rotatable bonds is 6. The lowest BCUT2D eigenvalue weighted by molar-refractivity contribution is -0.698. The van der Waals surface area contributed by atoms with E-state index in [-0.39, 0.29) is 0 Å². The van der Waals surface area contributed by atoms with Gasteiger partial charge < -0.3 is 4.74 Å². The lowest BCUT2D eigenvalue weighted by Crippen LogP contribution is -2.33. The minimum absolute atomic E-state index is 0.812. The van der Waals surface area contributed by atoms with Crippen molar-refractivity contribution in [3.8, 4) is 0 Å². The summed E-state index contributed by atoms with van der Waals surface area (Å²) in [6, 6.07) is 0. The first-order chi connectivity index (χ1) is 6.36. The van der Waals surface area contributed by atoms with E-state index in [0.29, 0.717) is 0 Å². The van der Waals surface area contributed by atoms with Crippen LogP contribution < -0.4 is 4.57 Å². The number of hydrogen-bond acceptors (Lipinski definition) is 1. The van der Waals surface area contributed by atoms with Gasteiger partial charge in [0.2, 0.25) is 6.33 Å². The molecule has 3 nitrogen and oxygen atoms in total. The smallest absolute Gasteiger partial charge is 0.243 e. The first-order valence-electron chi connectivity index (χ1n) is 4.99. The molecule has 0 amide bonds. The summed E-state index contributed by atoms with van der Waals surface area (Å²) in [4.78, 5) is 0.